The maximum absolute atomic E-state index is 12.3. The van der Waals surface area contributed by atoms with Crippen LogP contribution in [0.15, 0.2) is 54.6 Å². The minimum Gasteiger partial charge on any atom is -0.496 e. The van der Waals surface area contributed by atoms with Gasteiger partial charge in [0.05, 0.1) is 19.2 Å². The van der Waals surface area contributed by atoms with E-state index in [1.807, 2.05) is 31.3 Å². The van der Waals surface area contributed by atoms with E-state index in [1.54, 1.807) is 19.2 Å². The zero-order valence-corrected chi connectivity index (χ0v) is 12.7. The second-order valence-corrected chi connectivity index (χ2v) is 5.14. The average molecular weight is 294 g/mol. The molecule has 0 fully saturated rings. The van der Waals surface area contributed by atoms with Gasteiger partial charge in [-0.2, -0.15) is 0 Å². The molecular weight excluding hydrogens is 276 g/mol. The molecule has 112 valence electrons. The Balaban J connectivity index is 1.79. The first-order valence-corrected chi connectivity index (χ1v) is 7.15. The summed E-state index contributed by atoms with van der Waals surface area (Å²) in [6, 6.07) is 17.5. The monoisotopic (exact) mass is 294 g/mol. The predicted octanol–water partition coefficient (Wildman–Crippen LogP) is 3.12. The Morgan fingerprint density at radius 3 is 2.64 bits per heavy atom. The maximum Gasteiger partial charge on any atom is 0.255 e. The highest BCUT2D eigenvalue weighted by atomic mass is 16.5. The smallest absolute Gasteiger partial charge is 0.255 e. The molecule has 0 saturated carbocycles. The number of aryl methyl sites for hydroxylation is 1. The van der Waals surface area contributed by atoms with Crippen LogP contribution < -0.4 is 10.1 Å². The molecule has 0 aliphatic rings. The average Bonchev–Trinajstić information content (AvgIpc) is 2.89. The molecule has 4 heteroatoms. The summed E-state index contributed by atoms with van der Waals surface area (Å²) in [5, 5.41) is 4.12. The fraction of sp³-hybridized carbons (Fsp3) is 0.167. The number of para-hydroxylation sites is 2. The van der Waals surface area contributed by atoms with E-state index in [0.717, 1.165) is 11.2 Å². The van der Waals surface area contributed by atoms with Gasteiger partial charge in [-0.15, -0.1) is 0 Å². The van der Waals surface area contributed by atoms with Crippen molar-refractivity contribution in [2.75, 3.05) is 7.11 Å². The summed E-state index contributed by atoms with van der Waals surface area (Å²) >= 11 is 0. The zero-order chi connectivity index (χ0) is 15.5. The van der Waals surface area contributed by atoms with Gasteiger partial charge in [0.15, 0.2) is 0 Å². The number of benzene rings is 2. The number of amides is 1. The Bertz CT molecular complexity index is 821. The number of hydrogen-bond acceptors (Lipinski definition) is 2. The second-order valence-electron chi connectivity index (χ2n) is 5.14. The Morgan fingerprint density at radius 2 is 1.86 bits per heavy atom. The SMILES string of the molecule is COc1ccccc1C(=O)NCc1cc2ccccc2n1C. The lowest BCUT2D eigenvalue weighted by atomic mass is 10.2. The first-order valence-electron chi connectivity index (χ1n) is 7.15. The molecule has 2 aromatic carbocycles. The quantitative estimate of drug-likeness (QED) is 0.803. The summed E-state index contributed by atoms with van der Waals surface area (Å²) in [6.07, 6.45) is 0. The van der Waals surface area contributed by atoms with Crippen molar-refractivity contribution in [1.29, 1.82) is 0 Å². The summed E-state index contributed by atoms with van der Waals surface area (Å²) in [5.74, 6) is 0.444. The van der Waals surface area contributed by atoms with Crippen LogP contribution in [0.2, 0.25) is 0 Å². The largest absolute Gasteiger partial charge is 0.496 e. The van der Waals surface area contributed by atoms with Crippen molar-refractivity contribution in [3.05, 3.63) is 65.9 Å². The molecule has 1 amide bonds. The van der Waals surface area contributed by atoms with Crippen LogP contribution >= 0.6 is 0 Å². The van der Waals surface area contributed by atoms with Gasteiger partial charge < -0.3 is 14.6 Å². The van der Waals surface area contributed by atoms with Gasteiger partial charge >= 0.3 is 0 Å². The molecule has 0 atom stereocenters. The number of hydrogen-bond donors (Lipinski definition) is 1. The van der Waals surface area contributed by atoms with Crippen molar-refractivity contribution in [2.45, 2.75) is 6.54 Å². The predicted molar refractivity (Wildman–Crippen MR) is 87.1 cm³/mol. The minimum absolute atomic E-state index is 0.136. The molecule has 1 heterocycles. The summed E-state index contributed by atoms with van der Waals surface area (Å²) in [7, 11) is 3.57. The van der Waals surface area contributed by atoms with Gasteiger partial charge in [0, 0.05) is 18.3 Å². The molecule has 1 N–H and O–H groups in total. The van der Waals surface area contributed by atoms with E-state index >= 15 is 0 Å². The number of methoxy groups -OCH3 is 1. The van der Waals surface area contributed by atoms with E-state index in [1.165, 1.54) is 5.39 Å². The Labute approximate surface area is 129 Å². The number of ether oxygens (including phenoxy) is 1. The Kier molecular flexibility index (Phi) is 3.83. The molecule has 0 spiro atoms. The summed E-state index contributed by atoms with van der Waals surface area (Å²) in [6.45, 7) is 0.474. The molecular formula is C18H18N2O2. The molecule has 0 saturated heterocycles. The highest BCUT2D eigenvalue weighted by Crippen LogP contribution is 2.19. The Hall–Kier alpha value is -2.75. The normalized spacial score (nSPS) is 10.6. The van der Waals surface area contributed by atoms with Crippen molar-refractivity contribution in [2.24, 2.45) is 7.05 Å². The number of fused-ring (bicyclic) bond motifs is 1. The van der Waals surface area contributed by atoms with Gasteiger partial charge in [-0.25, -0.2) is 0 Å². The third-order valence-electron chi connectivity index (χ3n) is 3.83. The van der Waals surface area contributed by atoms with E-state index in [9.17, 15) is 4.79 Å². The Morgan fingerprint density at radius 1 is 1.14 bits per heavy atom. The van der Waals surface area contributed by atoms with E-state index in [2.05, 4.69) is 28.1 Å². The molecule has 0 unspecified atom stereocenters. The number of aromatic nitrogens is 1. The topological polar surface area (TPSA) is 43.3 Å². The number of nitrogens with zero attached hydrogens (tertiary/aromatic N) is 1. The highest BCUT2D eigenvalue weighted by Gasteiger charge is 2.12. The van der Waals surface area contributed by atoms with Crippen LogP contribution in [0.25, 0.3) is 10.9 Å². The molecule has 1 aromatic heterocycles. The van der Waals surface area contributed by atoms with Crippen LogP contribution in [0.5, 0.6) is 5.75 Å². The van der Waals surface area contributed by atoms with Gasteiger partial charge in [-0.3, -0.25) is 4.79 Å². The molecule has 0 aliphatic heterocycles. The van der Waals surface area contributed by atoms with Crippen LogP contribution in [0, 0.1) is 0 Å². The number of nitrogens with one attached hydrogen (secondary N) is 1. The third kappa shape index (κ3) is 2.55. The van der Waals surface area contributed by atoms with Gasteiger partial charge in [0.2, 0.25) is 0 Å². The van der Waals surface area contributed by atoms with Crippen LogP contribution in [-0.4, -0.2) is 17.6 Å². The number of carbonyl (C=O) groups is 1. The molecule has 3 aromatic rings. The van der Waals surface area contributed by atoms with Crippen molar-refractivity contribution < 1.29 is 9.53 Å². The van der Waals surface area contributed by atoms with Crippen LogP contribution in [0.3, 0.4) is 0 Å². The van der Waals surface area contributed by atoms with Crippen LogP contribution in [-0.2, 0) is 13.6 Å². The standard InChI is InChI=1S/C18H18N2O2/c1-20-14(11-13-7-3-5-9-16(13)20)12-19-18(21)15-8-4-6-10-17(15)22-2/h3-11H,12H2,1-2H3,(H,19,21). The van der Waals surface area contributed by atoms with E-state index in [4.69, 9.17) is 4.74 Å². The molecule has 0 bridgehead atoms. The molecule has 0 aliphatic carbocycles. The van der Waals surface area contributed by atoms with Crippen LogP contribution in [0.1, 0.15) is 16.1 Å². The third-order valence-corrected chi connectivity index (χ3v) is 3.83. The summed E-state index contributed by atoms with van der Waals surface area (Å²) < 4.78 is 7.32. The van der Waals surface area contributed by atoms with Crippen molar-refractivity contribution in [3.63, 3.8) is 0 Å². The minimum atomic E-state index is -0.136. The molecule has 22 heavy (non-hydrogen) atoms. The zero-order valence-electron chi connectivity index (χ0n) is 12.7. The van der Waals surface area contributed by atoms with Gasteiger partial charge in [-0.1, -0.05) is 30.3 Å². The van der Waals surface area contributed by atoms with Crippen molar-refractivity contribution >= 4 is 16.8 Å². The maximum atomic E-state index is 12.3. The lowest BCUT2D eigenvalue weighted by Gasteiger charge is -2.09. The van der Waals surface area contributed by atoms with Crippen molar-refractivity contribution in [1.82, 2.24) is 9.88 Å². The second kappa shape index (κ2) is 5.93. The molecule has 0 radical (unpaired) electrons. The molecule has 4 nitrogen and oxygen atoms in total. The lowest BCUT2D eigenvalue weighted by molar-refractivity contribution is 0.0947. The van der Waals surface area contributed by atoms with Gasteiger partial charge in [0.25, 0.3) is 5.91 Å². The first-order chi connectivity index (χ1) is 10.7. The van der Waals surface area contributed by atoms with Gasteiger partial charge in [0.1, 0.15) is 5.75 Å². The molecule has 3 rings (SSSR count). The lowest BCUT2D eigenvalue weighted by Crippen LogP contribution is -2.24. The van der Waals surface area contributed by atoms with Crippen molar-refractivity contribution in [3.8, 4) is 5.75 Å². The summed E-state index contributed by atoms with van der Waals surface area (Å²) in [4.78, 5) is 12.3. The van der Waals surface area contributed by atoms with E-state index in [0.29, 0.717) is 17.9 Å². The van der Waals surface area contributed by atoms with E-state index < -0.39 is 0 Å². The first kappa shape index (κ1) is 14.2. The number of carbonyl (C=O) groups excluding carboxylic acids is 1. The highest BCUT2D eigenvalue weighted by molar-refractivity contribution is 5.96. The van der Waals surface area contributed by atoms with Crippen LogP contribution in [0.4, 0.5) is 0 Å². The van der Waals surface area contributed by atoms with E-state index in [-0.39, 0.29) is 5.91 Å². The number of rotatable bonds is 4. The fourth-order valence-corrected chi connectivity index (χ4v) is 2.61. The summed E-state index contributed by atoms with van der Waals surface area (Å²) in [5.41, 5.74) is 2.76. The van der Waals surface area contributed by atoms with Gasteiger partial charge in [-0.05, 0) is 29.7 Å². The fourth-order valence-electron chi connectivity index (χ4n) is 2.61.